The number of nitrogens with zero attached hydrogens (tertiary/aromatic N) is 3. The van der Waals surface area contributed by atoms with Gasteiger partial charge in [-0.05, 0) is 44.7 Å². The van der Waals surface area contributed by atoms with Gasteiger partial charge in [0.1, 0.15) is 6.26 Å². The van der Waals surface area contributed by atoms with Crippen LogP contribution in [0.3, 0.4) is 0 Å². The van der Waals surface area contributed by atoms with Crippen molar-refractivity contribution in [2.45, 2.75) is 26.7 Å². The molecule has 1 fully saturated rings. The fraction of sp³-hybridized carbons (Fsp3) is 0.471. The van der Waals surface area contributed by atoms with Crippen LogP contribution in [-0.4, -0.2) is 35.5 Å². The van der Waals surface area contributed by atoms with Gasteiger partial charge in [-0.1, -0.05) is 0 Å². The molecule has 3 rings (SSSR count). The van der Waals surface area contributed by atoms with Crippen LogP contribution in [0.5, 0.6) is 0 Å². The second-order valence-electron chi connectivity index (χ2n) is 6.13. The molecular weight excluding hydrogens is 292 g/mol. The average molecular weight is 314 g/mol. The molecule has 1 aliphatic rings. The van der Waals surface area contributed by atoms with Crippen LogP contribution in [0.15, 0.2) is 29.1 Å². The van der Waals surface area contributed by atoms with Crippen LogP contribution in [0, 0.1) is 19.8 Å². The molecule has 3 heterocycles. The van der Waals surface area contributed by atoms with Crippen LogP contribution in [-0.2, 0) is 0 Å². The molecule has 23 heavy (non-hydrogen) atoms. The van der Waals surface area contributed by atoms with Crippen LogP contribution in [0.4, 0.5) is 5.95 Å². The second kappa shape index (κ2) is 6.81. The predicted octanol–water partition coefficient (Wildman–Crippen LogP) is 2.33. The molecule has 0 spiro atoms. The largest absolute Gasteiger partial charge is 0.472 e. The quantitative estimate of drug-likeness (QED) is 0.938. The molecule has 1 atom stereocenters. The van der Waals surface area contributed by atoms with Crippen molar-refractivity contribution in [1.82, 2.24) is 15.3 Å². The molecule has 2 aromatic rings. The summed E-state index contributed by atoms with van der Waals surface area (Å²) in [5.74, 6) is 1.12. The van der Waals surface area contributed by atoms with E-state index in [4.69, 9.17) is 4.42 Å². The third-order valence-electron chi connectivity index (χ3n) is 4.11. The van der Waals surface area contributed by atoms with E-state index in [-0.39, 0.29) is 5.91 Å². The average Bonchev–Trinajstić information content (AvgIpc) is 3.06. The Bertz CT molecular complexity index is 649. The van der Waals surface area contributed by atoms with E-state index in [0.29, 0.717) is 18.0 Å². The van der Waals surface area contributed by atoms with Crippen LogP contribution in [0.25, 0.3) is 0 Å². The lowest BCUT2D eigenvalue weighted by atomic mass is 9.98. The minimum atomic E-state index is -0.0847. The van der Waals surface area contributed by atoms with Gasteiger partial charge in [0.05, 0.1) is 11.8 Å². The Balaban J connectivity index is 1.59. The number of rotatable bonds is 4. The lowest BCUT2D eigenvalue weighted by molar-refractivity contribution is 0.0945. The van der Waals surface area contributed by atoms with Crippen molar-refractivity contribution in [1.29, 1.82) is 0 Å². The van der Waals surface area contributed by atoms with Gasteiger partial charge in [0.15, 0.2) is 0 Å². The van der Waals surface area contributed by atoms with E-state index in [1.807, 2.05) is 19.9 Å². The molecule has 0 aromatic carbocycles. The van der Waals surface area contributed by atoms with Gasteiger partial charge < -0.3 is 14.6 Å². The minimum absolute atomic E-state index is 0.0847. The standard InChI is InChI=1S/C17H22N4O2/c1-12-8-13(2)20-17(19-12)21-6-3-4-14(10-21)9-18-16(22)15-5-7-23-11-15/h5,7-8,11,14H,3-4,6,9-10H2,1-2H3,(H,18,22). The first-order chi connectivity index (χ1) is 11.1. The third kappa shape index (κ3) is 3.88. The lowest BCUT2D eigenvalue weighted by Gasteiger charge is -2.33. The zero-order valence-electron chi connectivity index (χ0n) is 13.6. The third-order valence-corrected chi connectivity index (χ3v) is 4.11. The molecule has 1 amide bonds. The number of nitrogens with one attached hydrogen (secondary N) is 1. The Morgan fingerprint density at radius 2 is 2.17 bits per heavy atom. The number of anilines is 1. The van der Waals surface area contributed by atoms with E-state index in [1.54, 1.807) is 6.07 Å². The molecule has 1 N–H and O–H groups in total. The van der Waals surface area contributed by atoms with Gasteiger partial charge in [-0.2, -0.15) is 0 Å². The van der Waals surface area contributed by atoms with Gasteiger partial charge in [-0.3, -0.25) is 4.79 Å². The van der Waals surface area contributed by atoms with Gasteiger partial charge in [0.2, 0.25) is 5.95 Å². The van der Waals surface area contributed by atoms with Crippen molar-refractivity contribution < 1.29 is 9.21 Å². The maximum atomic E-state index is 12.0. The molecule has 2 aromatic heterocycles. The maximum Gasteiger partial charge on any atom is 0.254 e. The van der Waals surface area contributed by atoms with Crippen LogP contribution in [0.1, 0.15) is 34.6 Å². The Labute approximate surface area is 135 Å². The highest BCUT2D eigenvalue weighted by molar-refractivity contribution is 5.93. The van der Waals surface area contributed by atoms with Crippen molar-refractivity contribution in [3.63, 3.8) is 0 Å². The highest BCUT2D eigenvalue weighted by Crippen LogP contribution is 2.20. The first-order valence-corrected chi connectivity index (χ1v) is 7.99. The van der Waals surface area contributed by atoms with Gasteiger partial charge >= 0.3 is 0 Å². The number of piperidine rings is 1. The van der Waals surface area contributed by atoms with Crippen molar-refractivity contribution in [2.75, 3.05) is 24.5 Å². The van der Waals surface area contributed by atoms with Crippen LogP contribution < -0.4 is 10.2 Å². The Hall–Kier alpha value is -2.37. The number of hydrogen-bond acceptors (Lipinski definition) is 5. The summed E-state index contributed by atoms with van der Waals surface area (Å²) in [5, 5.41) is 2.98. The van der Waals surface area contributed by atoms with E-state index in [0.717, 1.165) is 43.3 Å². The SMILES string of the molecule is Cc1cc(C)nc(N2CCCC(CNC(=O)c3ccoc3)C2)n1. The maximum absolute atomic E-state index is 12.0. The first kappa shape index (κ1) is 15.5. The molecule has 6 heteroatoms. The lowest BCUT2D eigenvalue weighted by Crippen LogP contribution is -2.41. The molecular formula is C17H22N4O2. The Kier molecular flexibility index (Phi) is 4.60. The van der Waals surface area contributed by atoms with Gasteiger partial charge in [-0.15, -0.1) is 0 Å². The summed E-state index contributed by atoms with van der Waals surface area (Å²) >= 11 is 0. The summed E-state index contributed by atoms with van der Waals surface area (Å²) < 4.78 is 4.94. The second-order valence-corrected chi connectivity index (χ2v) is 6.13. The number of aromatic nitrogens is 2. The number of aryl methyl sites for hydroxylation is 2. The minimum Gasteiger partial charge on any atom is -0.472 e. The summed E-state index contributed by atoms with van der Waals surface area (Å²) in [5.41, 5.74) is 2.54. The molecule has 0 aliphatic carbocycles. The molecule has 1 unspecified atom stereocenters. The summed E-state index contributed by atoms with van der Waals surface area (Å²) in [6.45, 7) is 6.48. The zero-order chi connectivity index (χ0) is 16.2. The molecule has 6 nitrogen and oxygen atoms in total. The normalized spacial score (nSPS) is 18.0. The van der Waals surface area contributed by atoms with E-state index in [2.05, 4.69) is 20.2 Å². The van der Waals surface area contributed by atoms with E-state index < -0.39 is 0 Å². The molecule has 0 saturated carbocycles. The molecule has 1 aliphatic heterocycles. The van der Waals surface area contributed by atoms with Crippen molar-refractivity contribution in [2.24, 2.45) is 5.92 Å². The highest BCUT2D eigenvalue weighted by Gasteiger charge is 2.22. The number of carbonyl (C=O) groups is 1. The number of furan rings is 1. The summed E-state index contributed by atoms with van der Waals surface area (Å²) in [4.78, 5) is 23.3. The Morgan fingerprint density at radius 3 is 2.87 bits per heavy atom. The fourth-order valence-electron chi connectivity index (χ4n) is 2.99. The topological polar surface area (TPSA) is 71.3 Å². The van der Waals surface area contributed by atoms with Gasteiger partial charge in [0, 0.05) is 31.0 Å². The molecule has 0 radical (unpaired) electrons. The molecule has 1 saturated heterocycles. The fourth-order valence-corrected chi connectivity index (χ4v) is 2.99. The number of carbonyl (C=O) groups excluding carboxylic acids is 1. The highest BCUT2D eigenvalue weighted by atomic mass is 16.3. The van der Waals surface area contributed by atoms with Gasteiger partial charge in [-0.25, -0.2) is 9.97 Å². The summed E-state index contributed by atoms with van der Waals surface area (Å²) in [7, 11) is 0. The smallest absolute Gasteiger partial charge is 0.254 e. The van der Waals surface area contributed by atoms with Gasteiger partial charge in [0.25, 0.3) is 5.91 Å². The monoisotopic (exact) mass is 314 g/mol. The molecule has 0 bridgehead atoms. The zero-order valence-corrected chi connectivity index (χ0v) is 13.6. The Morgan fingerprint density at radius 1 is 1.39 bits per heavy atom. The molecule has 122 valence electrons. The van der Waals surface area contributed by atoms with E-state index in [1.165, 1.54) is 12.5 Å². The van der Waals surface area contributed by atoms with Crippen molar-refractivity contribution >= 4 is 11.9 Å². The van der Waals surface area contributed by atoms with Crippen molar-refractivity contribution in [3.8, 4) is 0 Å². The summed E-state index contributed by atoms with van der Waals surface area (Å²) in [6.07, 6.45) is 5.16. The van der Waals surface area contributed by atoms with Crippen molar-refractivity contribution in [3.05, 3.63) is 41.6 Å². The predicted molar refractivity (Wildman–Crippen MR) is 87.5 cm³/mol. The van der Waals surface area contributed by atoms with Crippen LogP contribution in [0.2, 0.25) is 0 Å². The van der Waals surface area contributed by atoms with E-state index >= 15 is 0 Å². The first-order valence-electron chi connectivity index (χ1n) is 7.99. The van der Waals surface area contributed by atoms with Crippen LogP contribution >= 0.6 is 0 Å². The van der Waals surface area contributed by atoms with E-state index in [9.17, 15) is 4.79 Å². The summed E-state index contributed by atoms with van der Waals surface area (Å²) in [6, 6.07) is 3.65. The number of hydrogen-bond donors (Lipinski definition) is 1. The number of amides is 1.